The fourth-order valence-corrected chi connectivity index (χ4v) is 2.54. The zero-order chi connectivity index (χ0) is 15.2. The largest absolute Gasteiger partial charge is 0.481 e. The first kappa shape index (κ1) is 15.3. The lowest BCUT2D eigenvalue weighted by Crippen LogP contribution is -2.33. The lowest BCUT2D eigenvalue weighted by Gasteiger charge is -2.12. The zero-order valence-corrected chi connectivity index (χ0v) is 12.1. The van der Waals surface area contributed by atoms with Crippen LogP contribution in [0.3, 0.4) is 0 Å². The van der Waals surface area contributed by atoms with E-state index >= 15 is 0 Å². The van der Waals surface area contributed by atoms with Crippen LogP contribution in [0, 0.1) is 5.92 Å². The van der Waals surface area contributed by atoms with Crippen molar-refractivity contribution in [1.29, 1.82) is 0 Å². The van der Waals surface area contributed by atoms with E-state index < -0.39 is 5.97 Å². The van der Waals surface area contributed by atoms with E-state index in [1.54, 1.807) is 24.3 Å². The van der Waals surface area contributed by atoms with Gasteiger partial charge in [0.2, 0.25) is 0 Å². The van der Waals surface area contributed by atoms with E-state index in [4.69, 9.17) is 5.11 Å². The standard InChI is InChI=1S/C15H21N3O3/c1-18-6-5-12(10-18)9-16-15(21)17-13-4-2-3-11(7-13)8-14(19)20/h2-4,7,12H,5-6,8-10H2,1H3,(H,19,20)(H2,16,17,21). The van der Waals surface area contributed by atoms with Crippen molar-refractivity contribution in [1.82, 2.24) is 10.2 Å². The Hall–Kier alpha value is -2.08. The highest BCUT2D eigenvalue weighted by Crippen LogP contribution is 2.13. The van der Waals surface area contributed by atoms with Gasteiger partial charge in [-0.25, -0.2) is 4.79 Å². The van der Waals surface area contributed by atoms with Gasteiger partial charge < -0.3 is 20.6 Å². The molecule has 1 aliphatic rings. The van der Waals surface area contributed by atoms with Crippen LogP contribution in [0.15, 0.2) is 24.3 Å². The molecule has 6 heteroatoms. The van der Waals surface area contributed by atoms with Crippen molar-refractivity contribution >= 4 is 17.7 Å². The van der Waals surface area contributed by atoms with Gasteiger partial charge in [0, 0.05) is 18.8 Å². The van der Waals surface area contributed by atoms with Crippen LogP contribution in [0.25, 0.3) is 0 Å². The van der Waals surface area contributed by atoms with Crippen LogP contribution in [-0.4, -0.2) is 48.7 Å². The summed E-state index contributed by atoms with van der Waals surface area (Å²) in [6, 6.07) is 6.63. The highest BCUT2D eigenvalue weighted by Gasteiger charge is 2.19. The molecule has 1 atom stereocenters. The molecule has 1 unspecified atom stereocenters. The number of benzene rings is 1. The molecule has 6 nitrogen and oxygen atoms in total. The summed E-state index contributed by atoms with van der Waals surface area (Å²) in [7, 11) is 2.08. The van der Waals surface area contributed by atoms with E-state index in [0.29, 0.717) is 23.7 Å². The fraction of sp³-hybridized carbons (Fsp3) is 0.467. The Kier molecular flexibility index (Phi) is 5.16. The summed E-state index contributed by atoms with van der Waals surface area (Å²) >= 11 is 0. The van der Waals surface area contributed by atoms with Crippen LogP contribution < -0.4 is 10.6 Å². The number of carboxylic acid groups (broad SMARTS) is 1. The molecule has 1 fully saturated rings. The van der Waals surface area contributed by atoms with Gasteiger partial charge in [-0.05, 0) is 43.6 Å². The van der Waals surface area contributed by atoms with Crippen molar-refractivity contribution in [2.45, 2.75) is 12.8 Å². The maximum absolute atomic E-state index is 11.8. The summed E-state index contributed by atoms with van der Waals surface area (Å²) in [5.74, 6) is -0.388. The van der Waals surface area contributed by atoms with E-state index in [9.17, 15) is 9.59 Å². The third kappa shape index (κ3) is 5.07. The summed E-state index contributed by atoms with van der Waals surface area (Å²) in [5, 5.41) is 14.4. The molecule has 1 saturated heterocycles. The SMILES string of the molecule is CN1CCC(CNC(=O)Nc2cccc(CC(=O)O)c2)C1. The van der Waals surface area contributed by atoms with E-state index in [2.05, 4.69) is 22.6 Å². The van der Waals surface area contributed by atoms with Crippen LogP contribution in [0.1, 0.15) is 12.0 Å². The molecule has 0 aliphatic carbocycles. The first-order valence-corrected chi connectivity index (χ1v) is 7.07. The number of amides is 2. The number of hydrogen-bond acceptors (Lipinski definition) is 3. The Labute approximate surface area is 124 Å². The summed E-state index contributed by atoms with van der Waals surface area (Å²) in [6.45, 7) is 2.74. The Balaban J connectivity index is 1.80. The number of aliphatic carboxylic acids is 1. The van der Waals surface area contributed by atoms with Crippen LogP contribution in [0.4, 0.5) is 10.5 Å². The number of nitrogens with one attached hydrogen (secondary N) is 2. The molecule has 1 aliphatic heterocycles. The second-order valence-electron chi connectivity index (χ2n) is 5.52. The Morgan fingerprint density at radius 2 is 2.24 bits per heavy atom. The van der Waals surface area contributed by atoms with Gasteiger partial charge >= 0.3 is 12.0 Å². The second-order valence-corrected chi connectivity index (χ2v) is 5.52. The molecule has 114 valence electrons. The van der Waals surface area contributed by atoms with Crippen LogP contribution in [-0.2, 0) is 11.2 Å². The predicted molar refractivity (Wildman–Crippen MR) is 80.4 cm³/mol. The van der Waals surface area contributed by atoms with Crippen LogP contribution in [0.2, 0.25) is 0 Å². The highest BCUT2D eigenvalue weighted by molar-refractivity contribution is 5.89. The molecule has 1 heterocycles. The van der Waals surface area contributed by atoms with Crippen LogP contribution >= 0.6 is 0 Å². The van der Waals surface area contributed by atoms with Gasteiger partial charge in [-0.2, -0.15) is 0 Å². The summed E-state index contributed by atoms with van der Waals surface area (Å²) in [6.07, 6.45) is 1.05. The number of carboxylic acids is 1. The average molecular weight is 291 g/mol. The normalized spacial score (nSPS) is 18.4. The minimum atomic E-state index is -0.887. The van der Waals surface area contributed by atoms with Gasteiger partial charge in [0.05, 0.1) is 6.42 Å². The molecular formula is C15H21N3O3. The summed E-state index contributed by atoms with van der Waals surface area (Å²) < 4.78 is 0. The van der Waals surface area contributed by atoms with Crippen molar-refractivity contribution in [3.8, 4) is 0 Å². The monoisotopic (exact) mass is 291 g/mol. The minimum Gasteiger partial charge on any atom is -0.481 e. The third-order valence-corrected chi connectivity index (χ3v) is 3.58. The lowest BCUT2D eigenvalue weighted by atomic mass is 10.1. The van der Waals surface area contributed by atoms with E-state index in [0.717, 1.165) is 19.5 Å². The summed E-state index contributed by atoms with van der Waals surface area (Å²) in [4.78, 5) is 24.8. The first-order valence-electron chi connectivity index (χ1n) is 7.07. The second kappa shape index (κ2) is 7.08. The quantitative estimate of drug-likeness (QED) is 0.765. The molecule has 0 spiro atoms. The van der Waals surface area contributed by atoms with Gasteiger partial charge in [0.1, 0.15) is 0 Å². The van der Waals surface area contributed by atoms with Crippen LogP contribution in [0.5, 0.6) is 0 Å². The number of carbonyl (C=O) groups is 2. The zero-order valence-electron chi connectivity index (χ0n) is 12.1. The highest BCUT2D eigenvalue weighted by atomic mass is 16.4. The average Bonchev–Trinajstić information content (AvgIpc) is 2.82. The molecule has 1 aromatic rings. The fourth-order valence-electron chi connectivity index (χ4n) is 2.54. The van der Waals surface area contributed by atoms with E-state index in [1.807, 2.05) is 0 Å². The van der Waals surface area contributed by atoms with Gasteiger partial charge in [0.15, 0.2) is 0 Å². The maximum Gasteiger partial charge on any atom is 0.319 e. The predicted octanol–water partition coefficient (Wildman–Crippen LogP) is 1.39. The van der Waals surface area contributed by atoms with Gasteiger partial charge in [-0.15, -0.1) is 0 Å². The molecule has 0 saturated carbocycles. The van der Waals surface area contributed by atoms with E-state index in [1.165, 1.54) is 0 Å². The number of anilines is 1. The topological polar surface area (TPSA) is 81.7 Å². The van der Waals surface area contributed by atoms with Gasteiger partial charge in [-0.3, -0.25) is 4.79 Å². The molecule has 2 amide bonds. The van der Waals surface area contributed by atoms with Crippen molar-refractivity contribution in [2.24, 2.45) is 5.92 Å². The van der Waals surface area contributed by atoms with Gasteiger partial charge in [-0.1, -0.05) is 12.1 Å². The molecule has 0 radical (unpaired) electrons. The molecule has 1 aromatic carbocycles. The Morgan fingerprint density at radius 3 is 2.90 bits per heavy atom. The van der Waals surface area contributed by atoms with Crippen molar-refractivity contribution in [3.05, 3.63) is 29.8 Å². The number of likely N-dealkylation sites (tertiary alicyclic amines) is 1. The third-order valence-electron chi connectivity index (χ3n) is 3.58. The number of rotatable bonds is 5. The first-order chi connectivity index (χ1) is 10.0. The molecule has 21 heavy (non-hydrogen) atoms. The molecule has 3 N–H and O–H groups in total. The molecule has 0 bridgehead atoms. The lowest BCUT2D eigenvalue weighted by molar-refractivity contribution is -0.136. The number of nitrogens with zero attached hydrogens (tertiary/aromatic N) is 1. The van der Waals surface area contributed by atoms with Crippen molar-refractivity contribution < 1.29 is 14.7 Å². The Morgan fingerprint density at radius 1 is 1.43 bits per heavy atom. The van der Waals surface area contributed by atoms with Crippen molar-refractivity contribution in [2.75, 3.05) is 32.0 Å². The smallest absolute Gasteiger partial charge is 0.319 e. The number of hydrogen-bond donors (Lipinski definition) is 3. The molecule has 0 aromatic heterocycles. The van der Waals surface area contributed by atoms with Gasteiger partial charge in [0.25, 0.3) is 0 Å². The molecular weight excluding hydrogens is 270 g/mol. The summed E-state index contributed by atoms with van der Waals surface area (Å²) in [5.41, 5.74) is 1.27. The molecule has 2 rings (SSSR count). The Bertz CT molecular complexity index is 519. The van der Waals surface area contributed by atoms with Crippen molar-refractivity contribution in [3.63, 3.8) is 0 Å². The maximum atomic E-state index is 11.8. The number of carbonyl (C=O) groups excluding carboxylic acids is 1. The van der Waals surface area contributed by atoms with E-state index in [-0.39, 0.29) is 12.5 Å². The minimum absolute atomic E-state index is 0.0501. The number of urea groups is 1.